The van der Waals surface area contributed by atoms with E-state index < -0.39 is 5.60 Å². The molecule has 0 saturated carbocycles. The zero-order valence-electron chi connectivity index (χ0n) is 12.3. The van der Waals surface area contributed by atoms with Crippen molar-refractivity contribution in [3.05, 3.63) is 36.0 Å². The van der Waals surface area contributed by atoms with Crippen molar-refractivity contribution in [3.63, 3.8) is 0 Å². The number of benzene rings is 1. The van der Waals surface area contributed by atoms with E-state index in [0.29, 0.717) is 12.2 Å². The van der Waals surface area contributed by atoms with Gasteiger partial charge < -0.3 is 28.6 Å². The van der Waals surface area contributed by atoms with E-state index in [9.17, 15) is 5.11 Å². The van der Waals surface area contributed by atoms with Crippen molar-refractivity contribution >= 4 is 12.6 Å². The molecular weight excluding hydrogens is 335 g/mol. The van der Waals surface area contributed by atoms with Crippen molar-refractivity contribution in [2.45, 2.75) is 39.2 Å². The zero-order valence-corrected chi connectivity index (χ0v) is 16.0. The average molecular weight is 360 g/mol. The Kier molecular flexibility index (Phi) is 17.2. The second-order valence-corrected chi connectivity index (χ2v) is 4.22. The van der Waals surface area contributed by atoms with Crippen LogP contribution in [0.25, 0.3) is 6.15 Å². The molecule has 1 aromatic rings. The zero-order chi connectivity index (χ0) is 13.3. The molecule has 1 atom stereocenters. The van der Waals surface area contributed by atoms with Crippen molar-refractivity contribution < 1.29 is 42.6 Å². The van der Waals surface area contributed by atoms with Crippen LogP contribution in [0.3, 0.4) is 0 Å². The Morgan fingerprint density at radius 2 is 1.68 bits per heavy atom. The molecule has 0 aliphatic carbocycles. The molecule has 1 rings (SSSR count). The maximum atomic E-state index is 10.2. The van der Waals surface area contributed by atoms with Crippen LogP contribution in [0.15, 0.2) is 24.3 Å². The fourth-order valence-electron chi connectivity index (χ4n) is 1.51. The van der Waals surface area contributed by atoms with Crippen LogP contribution < -0.4 is 4.74 Å². The Morgan fingerprint density at radius 3 is 2.05 bits per heavy atom. The van der Waals surface area contributed by atoms with Crippen LogP contribution in [-0.2, 0) is 50.9 Å². The Bertz CT molecular complexity index is 305. The van der Waals surface area contributed by atoms with Crippen molar-refractivity contribution in [1.82, 2.24) is 0 Å². The van der Waals surface area contributed by atoms with Crippen LogP contribution in [0.5, 0.6) is 5.75 Å². The molecule has 0 fully saturated rings. The van der Waals surface area contributed by atoms with Gasteiger partial charge in [-0.1, -0.05) is 32.4 Å². The topological polar surface area (TPSA) is 63.0 Å². The number of aliphatic hydroxyl groups is 1. The SMILES string of the molecule is CC.COc1ccc(C(C)(O)CCC[S-])cc1.[NH2-].[Y]. The van der Waals surface area contributed by atoms with Crippen LogP contribution in [0.1, 0.15) is 39.2 Å². The summed E-state index contributed by atoms with van der Waals surface area (Å²) in [5.74, 6) is 1.49. The van der Waals surface area contributed by atoms with Gasteiger partial charge in [-0.3, -0.25) is 0 Å². The summed E-state index contributed by atoms with van der Waals surface area (Å²) in [6.07, 6.45) is 1.55. The van der Waals surface area contributed by atoms with Gasteiger partial charge in [-0.15, -0.1) is 0 Å². The van der Waals surface area contributed by atoms with E-state index >= 15 is 0 Å². The van der Waals surface area contributed by atoms with E-state index in [2.05, 4.69) is 0 Å². The van der Waals surface area contributed by atoms with E-state index in [4.69, 9.17) is 17.4 Å². The van der Waals surface area contributed by atoms with Gasteiger partial charge in [0.2, 0.25) is 0 Å². The molecule has 0 aliphatic heterocycles. The molecule has 0 amide bonds. The number of nitrogens with two attached hydrogens (primary N) is 1. The Hall–Kier alpha value is 0.394. The minimum atomic E-state index is -0.787. The number of ether oxygens (including phenoxy) is 1. The summed E-state index contributed by atoms with van der Waals surface area (Å²) in [5.41, 5.74) is 0.122. The normalized spacial score (nSPS) is 11.9. The van der Waals surface area contributed by atoms with Crippen LogP contribution >= 0.6 is 0 Å². The quantitative estimate of drug-likeness (QED) is 0.808. The standard InChI is InChI=1S/C12H18O2S.C2H6.H2N.Y/c1-12(13,8-3-9-15)10-4-6-11(14-2)7-5-10;1-2;;/h4-7,13,15H,3,8-9H2,1-2H3;1-2H3;1H2;/q;;-1;/p-1. The van der Waals surface area contributed by atoms with Gasteiger partial charge in [0.05, 0.1) is 12.7 Å². The number of rotatable bonds is 5. The van der Waals surface area contributed by atoms with E-state index in [-0.39, 0.29) is 38.9 Å². The fraction of sp³-hybridized carbons (Fsp3) is 0.571. The Balaban J connectivity index is -0.000000609. The summed E-state index contributed by atoms with van der Waals surface area (Å²) in [5, 5.41) is 10.2. The van der Waals surface area contributed by atoms with Crippen LogP contribution in [0.4, 0.5) is 0 Å². The van der Waals surface area contributed by atoms with Gasteiger partial charge in [0.25, 0.3) is 0 Å². The fourth-order valence-corrected chi connectivity index (χ4v) is 1.66. The maximum absolute atomic E-state index is 10.2. The first-order chi connectivity index (χ1) is 8.10. The number of hydrogen-bond acceptors (Lipinski definition) is 3. The van der Waals surface area contributed by atoms with Gasteiger partial charge in [0.15, 0.2) is 0 Å². The Labute approximate surface area is 148 Å². The molecule has 0 saturated heterocycles. The summed E-state index contributed by atoms with van der Waals surface area (Å²) in [7, 11) is 1.63. The molecule has 1 aromatic carbocycles. The third kappa shape index (κ3) is 9.03. The van der Waals surface area contributed by atoms with E-state index in [1.807, 2.05) is 45.0 Å². The molecular formula is C14H25NO2SY-2. The van der Waals surface area contributed by atoms with Crippen molar-refractivity contribution in [3.8, 4) is 5.75 Å². The van der Waals surface area contributed by atoms with Crippen molar-refractivity contribution in [2.75, 3.05) is 12.9 Å². The van der Waals surface area contributed by atoms with Gasteiger partial charge in [-0.25, -0.2) is 0 Å². The van der Waals surface area contributed by atoms with Gasteiger partial charge in [0, 0.05) is 32.7 Å². The molecule has 109 valence electrons. The second-order valence-electron chi connectivity index (χ2n) is 3.81. The van der Waals surface area contributed by atoms with Gasteiger partial charge in [-0.2, -0.15) is 5.75 Å². The summed E-state index contributed by atoms with van der Waals surface area (Å²) in [6.45, 7) is 5.82. The molecule has 1 unspecified atom stereocenters. The van der Waals surface area contributed by atoms with Gasteiger partial charge in [-0.05, 0) is 31.0 Å². The third-order valence-corrected chi connectivity index (χ3v) is 2.81. The third-order valence-electron chi connectivity index (χ3n) is 2.52. The molecule has 3 N–H and O–H groups in total. The van der Waals surface area contributed by atoms with Crippen molar-refractivity contribution in [2.24, 2.45) is 0 Å². The molecule has 3 nitrogen and oxygen atoms in total. The summed E-state index contributed by atoms with van der Waals surface area (Å²) < 4.78 is 5.06. The first-order valence-corrected chi connectivity index (χ1v) is 6.63. The maximum Gasteiger partial charge on any atom is 0.118 e. The van der Waals surface area contributed by atoms with Gasteiger partial charge >= 0.3 is 0 Å². The molecule has 0 aliphatic rings. The molecule has 0 spiro atoms. The molecule has 0 aromatic heterocycles. The number of methoxy groups -OCH3 is 1. The first-order valence-electron chi connectivity index (χ1n) is 6.05. The van der Waals surface area contributed by atoms with E-state index in [1.54, 1.807) is 7.11 Å². The average Bonchev–Trinajstić information content (AvgIpc) is 2.39. The summed E-state index contributed by atoms with van der Waals surface area (Å²) in [6, 6.07) is 7.50. The van der Waals surface area contributed by atoms with Crippen LogP contribution in [-0.4, -0.2) is 18.0 Å². The van der Waals surface area contributed by atoms with Crippen LogP contribution in [0, 0.1) is 0 Å². The molecule has 0 bridgehead atoms. The minimum absolute atomic E-state index is 0. The Morgan fingerprint density at radius 1 is 1.21 bits per heavy atom. The summed E-state index contributed by atoms with van der Waals surface area (Å²) in [4.78, 5) is 0. The van der Waals surface area contributed by atoms with Crippen LogP contribution in [0.2, 0.25) is 0 Å². The van der Waals surface area contributed by atoms with E-state index in [1.165, 1.54) is 0 Å². The first kappa shape index (κ1) is 24.4. The van der Waals surface area contributed by atoms with Gasteiger partial charge in [0.1, 0.15) is 5.75 Å². The minimum Gasteiger partial charge on any atom is -0.793 e. The van der Waals surface area contributed by atoms with Crippen molar-refractivity contribution in [1.29, 1.82) is 0 Å². The smallest absolute Gasteiger partial charge is 0.118 e. The molecule has 19 heavy (non-hydrogen) atoms. The molecule has 0 heterocycles. The predicted octanol–water partition coefficient (Wildman–Crippen LogP) is 3.97. The second kappa shape index (κ2) is 13.4. The predicted molar refractivity (Wildman–Crippen MR) is 80.7 cm³/mol. The largest absolute Gasteiger partial charge is 0.793 e. The van der Waals surface area contributed by atoms with E-state index in [0.717, 1.165) is 17.7 Å². The summed E-state index contributed by atoms with van der Waals surface area (Å²) >= 11 is 4.88. The monoisotopic (exact) mass is 360 g/mol. The number of hydrogen-bond donors (Lipinski definition) is 1. The molecule has 1 radical (unpaired) electrons. The molecule has 5 heteroatoms.